The molecule has 1 aliphatic carbocycles. The van der Waals surface area contributed by atoms with Gasteiger partial charge in [-0.1, -0.05) is 32.4 Å². The highest BCUT2D eigenvalue weighted by molar-refractivity contribution is 5.16. The average molecular weight is 168 g/mol. The molecule has 0 saturated heterocycles. The molecule has 0 heterocycles. The predicted molar refractivity (Wildman–Crippen MR) is 51.9 cm³/mol. The summed E-state index contributed by atoms with van der Waals surface area (Å²) in [6.07, 6.45) is 3.51. The van der Waals surface area contributed by atoms with E-state index in [1.165, 1.54) is 5.57 Å². The molecule has 0 bridgehead atoms. The number of hydrogen-bond donors (Lipinski definition) is 1. The number of aliphatic hydroxyl groups is 1. The number of rotatable bonds is 2. The SMILES string of the molecule is CC1=CC(C)(C)C(C(C)CO)C1. The summed E-state index contributed by atoms with van der Waals surface area (Å²) in [6, 6.07) is 0. The summed E-state index contributed by atoms with van der Waals surface area (Å²) in [5.41, 5.74) is 1.76. The molecule has 1 rings (SSSR count). The van der Waals surface area contributed by atoms with E-state index in [4.69, 9.17) is 5.11 Å². The lowest BCUT2D eigenvalue weighted by Gasteiger charge is -2.30. The van der Waals surface area contributed by atoms with Crippen molar-refractivity contribution in [1.82, 2.24) is 0 Å². The molecule has 1 nitrogen and oxygen atoms in total. The average Bonchev–Trinajstić information content (AvgIpc) is 2.23. The van der Waals surface area contributed by atoms with Gasteiger partial charge in [-0.25, -0.2) is 0 Å². The van der Waals surface area contributed by atoms with Crippen molar-refractivity contribution in [2.45, 2.75) is 34.1 Å². The molecule has 0 aromatic carbocycles. The van der Waals surface area contributed by atoms with Gasteiger partial charge < -0.3 is 5.11 Å². The van der Waals surface area contributed by atoms with Crippen LogP contribution in [0, 0.1) is 17.3 Å². The Hall–Kier alpha value is -0.300. The zero-order valence-electron chi connectivity index (χ0n) is 8.59. The second-order valence-corrected chi connectivity index (χ2v) is 4.78. The van der Waals surface area contributed by atoms with Crippen LogP contribution in [0.25, 0.3) is 0 Å². The quantitative estimate of drug-likeness (QED) is 0.628. The maximum absolute atomic E-state index is 9.09. The van der Waals surface area contributed by atoms with Crippen LogP contribution in [0.5, 0.6) is 0 Å². The first kappa shape index (κ1) is 9.79. The van der Waals surface area contributed by atoms with Crippen LogP contribution in [-0.4, -0.2) is 11.7 Å². The summed E-state index contributed by atoms with van der Waals surface area (Å²) in [7, 11) is 0. The molecule has 0 aromatic heterocycles. The number of allylic oxidation sites excluding steroid dienone is 2. The molecule has 0 aliphatic heterocycles. The Labute approximate surface area is 75.5 Å². The van der Waals surface area contributed by atoms with E-state index in [1.54, 1.807) is 0 Å². The largest absolute Gasteiger partial charge is 0.396 e. The van der Waals surface area contributed by atoms with Gasteiger partial charge in [-0.05, 0) is 30.6 Å². The molecule has 12 heavy (non-hydrogen) atoms. The van der Waals surface area contributed by atoms with E-state index in [1.807, 2.05) is 0 Å². The van der Waals surface area contributed by atoms with Gasteiger partial charge in [0, 0.05) is 6.61 Å². The lowest BCUT2D eigenvalue weighted by Crippen LogP contribution is -2.26. The van der Waals surface area contributed by atoms with Crippen molar-refractivity contribution in [2.75, 3.05) is 6.61 Å². The van der Waals surface area contributed by atoms with Gasteiger partial charge in [-0.15, -0.1) is 0 Å². The zero-order chi connectivity index (χ0) is 9.35. The number of aliphatic hydroxyl groups excluding tert-OH is 1. The first-order valence-corrected chi connectivity index (χ1v) is 4.76. The smallest absolute Gasteiger partial charge is 0.0459 e. The zero-order valence-corrected chi connectivity index (χ0v) is 8.59. The normalized spacial score (nSPS) is 30.1. The van der Waals surface area contributed by atoms with Gasteiger partial charge in [-0.2, -0.15) is 0 Å². The molecule has 1 heteroatoms. The highest BCUT2D eigenvalue weighted by Crippen LogP contribution is 2.44. The molecule has 0 saturated carbocycles. The van der Waals surface area contributed by atoms with E-state index in [2.05, 4.69) is 33.8 Å². The molecular weight excluding hydrogens is 148 g/mol. The van der Waals surface area contributed by atoms with E-state index < -0.39 is 0 Å². The van der Waals surface area contributed by atoms with Gasteiger partial charge in [0.2, 0.25) is 0 Å². The molecule has 0 fully saturated rings. The summed E-state index contributed by atoms with van der Waals surface area (Å²) in [4.78, 5) is 0. The Bertz CT molecular complexity index is 191. The molecule has 1 aliphatic rings. The van der Waals surface area contributed by atoms with Crippen LogP contribution in [0.1, 0.15) is 34.1 Å². The van der Waals surface area contributed by atoms with E-state index in [0.29, 0.717) is 18.4 Å². The van der Waals surface area contributed by atoms with Gasteiger partial charge in [0.15, 0.2) is 0 Å². The fourth-order valence-electron chi connectivity index (χ4n) is 2.47. The molecule has 2 atom stereocenters. The Kier molecular flexibility index (Phi) is 2.62. The molecule has 0 aromatic rings. The van der Waals surface area contributed by atoms with Crippen molar-refractivity contribution >= 4 is 0 Å². The van der Waals surface area contributed by atoms with Gasteiger partial charge in [0.1, 0.15) is 0 Å². The van der Waals surface area contributed by atoms with Crippen LogP contribution in [0.2, 0.25) is 0 Å². The Morgan fingerprint density at radius 1 is 1.67 bits per heavy atom. The van der Waals surface area contributed by atoms with Crippen molar-refractivity contribution in [3.63, 3.8) is 0 Å². The molecule has 2 unspecified atom stereocenters. The third-order valence-corrected chi connectivity index (χ3v) is 3.09. The highest BCUT2D eigenvalue weighted by atomic mass is 16.3. The van der Waals surface area contributed by atoms with Crippen molar-refractivity contribution < 1.29 is 5.11 Å². The van der Waals surface area contributed by atoms with E-state index in [9.17, 15) is 0 Å². The minimum atomic E-state index is 0.284. The van der Waals surface area contributed by atoms with Gasteiger partial charge in [0.25, 0.3) is 0 Å². The van der Waals surface area contributed by atoms with Gasteiger partial charge >= 0.3 is 0 Å². The number of hydrogen-bond acceptors (Lipinski definition) is 1. The monoisotopic (exact) mass is 168 g/mol. The molecule has 70 valence electrons. The predicted octanol–water partition coefficient (Wildman–Crippen LogP) is 2.61. The van der Waals surface area contributed by atoms with E-state index in [-0.39, 0.29) is 5.41 Å². The first-order chi connectivity index (χ1) is 5.47. The van der Waals surface area contributed by atoms with Crippen LogP contribution >= 0.6 is 0 Å². The van der Waals surface area contributed by atoms with Crippen molar-refractivity contribution in [1.29, 1.82) is 0 Å². The van der Waals surface area contributed by atoms with Gasteiger partial charge in [-0.3, -0.25) is 0 Å². The summed E-state index contributed by atoms with van der Waals surface area (Å²) >= 11 is 0. The van der Waals surface area contributed by atoms with Crippen LogP contribution < -0.4 is 0 Å². The molecular formula is C11H20O. The minimum absolute atomic E-state index is 0.284. The summed E-state index contributed by atoms with van der Waals surface area (Å²) in [5.74, 6) is 1.05. The Morgan fingerprint density at radius 2 is 2.25 bits per heavy atom. The summed E-state index contributed by atoms with van der Waals surface area (Å²) < 4.78 is 0. The van der Waals surface area contributed by atoms with E-state index in [0.717, 1.165) is 6.42 Å². The standard InChI is InChI=1S/C11H20O/c1-8-5-10(9(2)7-12)11(3,4)6-8/h6,9-10,12H,5,7H2,1-4H3. The maximum Gasteiger partial charge on any atom is 0.0459 e. The van der Waals surface area contributed by atoms with Gasteiger partial charge in [0.05, 0.1) is 0 Å². The Balaban J connectivity index is 2.71. The van der Waals surface area contributed by atoms with Crippen LogP contribution in [0.4, 0.5) is 0 Å². The topological polar surface area (TPSA) is 20.2 Å². The van der Waals surface area contributed by atoms with Crippen LogP contribution in [0.3, 0.4) is 0 Å². The molecule has 0 amide bonds. The minimum Gasteiger partial charge on any atom is -0.396 e. The maximum atomic E-state index is 9.09. The third-order valence-electron chi connectivity index (χ3n) is 3.09. The molecule has 1 N–H and O–H groups in total. The Morgan fingerprint density at radius 3 is 2.58 bits per heavy atom. The second kappa shape index (κ2) is 3.21. The lowest BCUT2D eigenvalue weighted by atomic mass is 9.75. The molecule has 0 spiro atoms. The van der Waals surface area contributed by atoms with Crippen molar-refractivity contribution in [2.24, 2.45) is 17.3 Å². The third kappa shape index (κ3) is 1.71. The fraction of sp³-hybridized carbons (Fsp3) is 0.818. The van der Waals surface area contributed by atoms with E-state index >= 15 is 0 Å². The lowest BCUT2D eigenvalue weighted by molar-refractivity contribution is 0.137. The first-order valence-electron chi connectivity index (χ1n) is 4.76. The molecule has 0 radical (unpaired) electrons. The van der Waals surface area contributed by atoms with Crippen molar-refractivity contribution in [3.8, 4) is 0 Å². The van der Waals surface area contributed by atoms with Crippen molar-refractivity contribution in [3.05, 3.63) is 11.6 Å². The van der Waals surface area contributed by atoms with Crippen LogP contribution in [-0.2, 0) is 0 Å². The fourth-order valence-corrected chi connectivity index (χ4v) is 2.47. The highest BCUT2D eigenvalue weighted by Gasteiger charge is 2.35. The summed E-state index contributed by atoms with van der Waals surface area (Å²) in [6.45, 7) is 9.17. The second-order valence-electron chi connectivity index (χ2n) is 4.78. The summed E-state index contributed by atoms with van der Waals surface area (Å²) in [5, 5.41) is 9.09. The van der Waals surface area contributed by atoms with Crippen LogP contribution in [0.15, 0.2) is 11.6 Å².